The van der Waals surface area contributed by atoms with Gasteiger partial charge in [0, 0.05) is 26.2 Å². The maximum atomic E-state index is 12.1. The van der Waals surface area contributed by atoms with Gasteiger partial charge < -0.3 is 19.9 Å². The highest BCUT2D eigenvalue weighted by atomic mass is 16.4. The number of nitrogens with one attached hydrogen (secondary N) is 1. The van der Waals surface area contributed by atoms with Gasteiger partial charge in [0.05, 0.1) is 23.3 Å². The van der Waals surface area contributed by atoms with Crippen molar-refractivity contribution in [1.29, 1.82) is 0 Å². The molecule has 0 atom stereocenters. The standard InChI is InChI=1S/C17H22N4O3/c22-16(23)13-6-10-20(11-7-13)17(24)18-8-3-9-21-12-19-14-4-1-2-5-15(14)21/h1-2,4-5,12-13H,3,6-11H2,(H,18,24)(H,22,23). The Hall–Kier alpha value is -2.57. The fourth-order valence-corrected chi connectivity index (χ4v) is 3.07. The number of aryl methyl sites for hydroxylation is 1. The van der Waals surface area contributed by atoms with Gasteiger partial charge >= 0.3 is 12.0 Å². The highest BCUT2D eigenvalue weighted by Gasteiger charge is 2.26. The van der Waals surface area contributed by atoms with E-state index in [0.717, 1.165) is 24.0 Å². The number of carbonyl (C=O) groups excluding carboxylic acids is 1. The molecule has 24 heavy (non-hydrogen) atoms. The third-order valence-corrected chi connectivity index (χ3v) is 4.51. The quantitative estimate of drug-likeness (QED) is 0.820. The molecule has 0 spiro atoms. The number of urea groups is 1. The van der Waals surface area contributed by atoms with E-state index in [1.165, 1.54) is 0 Å². The fourth-order valence-electron chi connectivity index (χ4n) is 3.07. The lowest BCUT2D eigenvalue weighted by Gasteiger charge is -2.30. The van der Waals surface area contributed by atoms with E-state index in [1.807, 2.05) is 30.6 Å². The van der Waals surface area contributed by atoms with Gasteiger partial charge in [-0.05, 0) is 31.4 Å². The highest BCUT2D eigenvalue weighted by Crippen LogP contribution is 2.17. The van der Waals surface area contributed by atoms with Crippen LogP contribution in [0, 0.1) is 5.92 Å². The molecule has 0 unspecified atom stereocenters. The fraction of sp³-hybridized carbons (Fsp3) is 0.471. The zero-order valence-corrected chi connectivity index (χ0v) is 13.5. The first-order valence-electron chi connectivity index (χ1n) is 8.30. The van der Waals surface area contributed by atoms with Crippen molar-refractivity contribution in [2.24, 2.45) is 5.92 Å². The van der Waals surface area contributed by atoms with Crippen molar-refractivity contribution in [3.8, 4) is 0 Å². The first-order chi connectivity index (χ1) is 11.6. The zero-order valence-electron chi connectivity index (χ0n) is 13.5. The van der Waals surface area contributed by atoms with Gasteiger partial charge in [0.1, 0.15) is 0 Å². The number of carbonyl (C=O) groups is 2. The number of hydrogen-bond acceptors (Lipinski definition) is 3. The third kappa shape index (κ3) is 3.67. The van der Waals surface area contributed by atoms with Crippen molar-refractivity contribution in [3.05, 3.63) is 30.6 Å². The predicted molar refractivity (Wildman–Crippen MR) is 89.7 cm³/mol. The van der Waals surface area contributed by atoms with Crippen LogP contribution in [0.5, 0.6) is 0 Å². The van der Waals surface area contributed by atoms with Gasteiger partial charge in [0.25, 0.3) is 0 Å². The lowest BCUT2D eigenvalue weighted by atomic mass is 9.97. The Kier molecular flexibility index (Phi) is 4.98. The topological polar surface area (TPSA) is 87.5 Å². The summed E-state index contributed by atoms with van der Waals surface area (Å²) < 4.78 is 2.08. The minimum Gasteiger partial charge on any atom is -0.481 e. The molecule has 7 heteroatoms. The number of aliphatic carboxylic acids is 1. The van der Waals surface area contributed by atoms with E-state index in [4.69, 9.17) is 5.11 Å². The first kappa shape index (κ1) is 16.3. The number of hydrogen-bond donors (Lipinski definition) is 2. The smallest absolute Gasteiger partial charge is 0.317 e. The van der Waals surface area contributed by atoms with Gasteiger partial charge in [-0.25, -0.2) is 9.78 Å². The minimum atomic E-state index is -0.761. The van der Waals surface area contributed by atoms with E-state index in [1.54, 1.807) is 4.90 Å². The molecule has 0 bridgehead atoms. The number of carboxylic acid groups (broad SMARTS) is 1. The number of benzene rings is 1. The van der Waals surface area contributed by atoms with Gasteiger partial charge in [-0.1, -0.05) is 12.1 Å². The molecular weight excluding hydrogens is 308 g/mol. The molecule has 1 aliphatic heterocycles. The van der Waals surface area contributed by atoms with Crippen LogP contribution in [-0.4, -0.2) is 51.2 Å². The van der Waals surface area contributed by atoms with E-state index in [9.17, 15) is 9.59 Å². The number of likely N-dealkylation sites (tertiary alicyclic amines) is 1. The van der Waals surface area contributed by atoms with Crippen LogP contribution in [0.4, 0.5) is 4.79 Å². The van der Waals surface area contributed by atoms with Crippen LogP contribution < -0.4 is 5.32 Å². The molecule has 2 N–H and O–H groups in total. The lowest BCUT2D eigenvalue weighted by Crippen LogP contribution is -2.45. The van der Waals surface area contributed by atoms with Crippen molar-refractivity contribution >= 4 is 23.0 Å². The van der Waals surface area contributed by atoms with Crippen LogP contribution >= 0.6 is 0 Å². The summed E-state index contributed by atoms with van der Waals surface area (Å²) in [5.41, 5.74) is 2.07. The van der Waals surface area contributed by atoms with Gasteiger partial charge in [-0.2, -0.15) is 0 Å². The number of rotatable bonds is 5. The summed E-state index contributed by atoms with van der Waals surface area (Å²) in [5, 5.41) is 11.9. The van der Waals surface area contributed by atoms with Gasteiger partial charge in [0.2, 0.25) is 0 Å². The average molecular weight is 330 g/mol. The van der Waals surface area contributed by atoms with E-state index in [-0.39, 0.29) is 11.9 Å². The Morgan fingerprint density at radius 3 is 2.75 bits per heavy atom. The van der Waals surface area contributed by atoms with E-state index < -0.39 is 5.97 Å². The van der Waals surface area contributed by atoms with Crippen molar-refractivity contribution in [3.63, 3.8) is 0 Å². The van der Waals surface area contributed by atoms with Crippen molar-refractivity contribution in [2.75, 3.05) is 19.6 Å². The van der Waals surface area contributed by atoms with Crippen LogP contribution in [0.2, 0.25) is 0 Å². The number of amides is 2. The van der Waals surface area contributed by atoms with Crippen LogP contribution in [-0.2, 0) is 11.3 Å². The largest absolute Gasteiger partial charge is 0.481 e. The van der Waals surface area contributed by atoms with Crippen LogP contribution in [0.3, 0.4) is 0 Å². The number of nitrogens with zero attached hydrogens (tertiary/aromatic N) is 3. The molecule has 2 heterocycles. The molecule has 0 saturated carbocycles. The summed E-state index contributed by atoms with van der Waals surface area (Å²) in [6.45, 7) is 2.40. The second-order valence-corrected chi connectivity index (χ2v) is 6.11. The second-order valence-electron chi connectivity index (χ2n) is 6.11. The molecule has 128 valence electrons. The van der Waals surface area contributed by atoms with Crippen molar-refractivity contribution in [2.45, 2.75) is 25.8 Å². The SMILES string of the molecule is O=C(O)C1CCN(C(=O)NCCCn2cnc3ccccc32)CC1. The Morgan fingerprint density at radius 1 is 1.25 bits per heavy atom. The zero-order chi connectivity index (χ0) is 16.9. The Labute approximate surface area is 140 Å². The van der Waals surface area contributed by atoms with Crippen molar-refractivity contribution in [1.82, 2.24) is 19.8 Å². The predicted octanol–water partition coefficient (Wildman–Crippen LogP) is 1.93. The van der Waals surface area contributed by atoms with Crippen LogP contribution in [0.15, 0.2) is 30.6 Å². The molecule has 1 aliphatic rings. The third-order valence-electron chi connectivity index (χ3n) is 4.51. The summed E-state index contributed by atoms with van der Waals surface area (Å²) in [4.78, 5) is 29.1. The number of piperidine rings is 1. The molecular formula is C17H22N4O3. The molecule has 1 saturated heterocycles. The van der Waals surface area contributed by atoms with E-state index in [0.29, 0.717) is 32.5 Å². The number of fused-ring (bicyclic) bond motifs is 1. The van der Waals surface area contributed by atoms with Gasteiger partial charge in [0.15, 0.2) is 0 Å². The Morgan fingerprint density at radius 2 is 2.00 bits per heavy atom. The maximum absolute atomic E-state index is 12.1. The molecule has 3 rings (SSSR count). The molecule has 2 aromatic rings. The lowest BCUT2D eigenvalue weighted by molar-refractivity contribution is -0.143. The number of para-hydroxylation sites is 2. The van der Waals surface area contributed by atoms with Crippen LogP contribution in [0.1, 0.15) is 19.3 Å². The molecule has 7 nitrogen and oxygen atoms in total. The Balaban J connectivity index is 1.40. The number of imidazole rings is 1. The number of carboxylic acids is 1. The van der Waals surface area contributed by atoms with Crippen LogP contribution in [0.25, 0.3) is 11.0 Å². The molecule has 1 aromatic carbocycles. The highest BCUT2D eigenvalue weighted by molar-refractivity contribution is 5.76. The summed E-state index contributed by atoms with van der Waals surface area (Å²) in [6, 6.07) is 7.87. The van der Waals surface area contributed by atoms with Gasteiger partial charge in [-0.15, -0.1) is 0 Å². The normalized spacial score (nSPS) is 15.6. The number of aromatic nitrogens is 2. The van der Waals surface area contributed by atoms with E-state index in [2.05, 4.69) is 14.9 Å². The first-order valence-corrected chi connectivity index (χ1v) is 8.30. The average Bonchev–Trinajstić information content (AvgIpc) is 3.02. The van der Waals surface area contributed by atoms with Crippen molar-refractivity contribution < 1.29 is 14.7 Å². The van der Waals surface area contributed by atoms with Gasteiger partial charge in [-0.3, -0.25) is 4.79 Å². The monoisotopic (exact) mass is 330 g/mol. The molecule has 0 aliphatic carbocycles. The Bertz CT molecular complexity index is 719. The molecule has 1 aromatic heterocycles. The summed E-state index contributed by atoms with van der Waals surface area (Å²) in [7, 11) is 0. The maximum Gasteiger partial charge on any atom is 0.317 e. The summed E-state index contributed by atoms with van der Waals surface area (Å²) in [5.74, 6) is -1.08. The molecule has 0 radical (unpaired) electrons. The minimum absolute atomic E-state index is 0.102. The molecule has 2 amide bonds. The van der Waals surface area contributed by atoms with E-state index >= 15 is 0 Å². The molecule has 1 fully saturated rings. The summed E-state index contributed by atoms with van der Waals surface area (Å²) in [6.07, 6.45) is 3.70. The second kappa shape index (κ2) is 7.33. The summed E-state index contributed by atoms with van der Waals surface area (Å²) >= 11 is 0.